The third-order valence-electron chi connectivity index (χ3n) is 5.69. The van der Waals surface area contributed by atoms with Crippen LogP contribution in [0, 0.1) is 3.57 Å². The first kappa shape index (κ1) is 25.4. The van der Waals surface area contributed by atoms with Crippen molar-refractivity contribution in [1.29, 1.82) is 0 Å². The van der Waals surface area contributed by atoms with E-state index in [1.807, 2.05) is 70.2 Å². The van der Waals surface area contributed by atoms with E-state index < -0.39 is 5.60 Å². The van der Waals surface area contributed by atoms with Crippen LogP contribution in [0.1, 0.15) is 33.5 Å². The van der Waals surface area contributed by atoms with Crippen LogP contribution in [-0.4, -0.2) is 63.8 Å². The minimum atomic E-state index is -0.523. The molecular formula is C26H31IN4O4. The molecule has 0 atom stereocenters. The largest absolute Gasteiger partial charge is 0.492 e. The maximum atomic E-state index is 13.8. The number of carbonyl (C=O) groups excluding carboxylic acids is 1. The zero-order chi connectivity index (χ0) is 25.2. The van der Waals surface area contributed by atoms with Crippen LogP contribution in [0.5, 0.6) is 5.75 Å². The zero-order valence-electron chi connectivity index (χ0n) is 20.6. The molecule has 4 rings (SSSR count). The molecule has 0 bridgehead atoms. The molecule has 1 fully saturated rings. The van der Waals surface area contributed by atoms with Crippen molar-refractivity contribution < 1.29 is 14.3 Å². The van der Waals surface area contributed by atoms with Gasteiger partial charge in [0.05, 0.1) is 29.7 Å². The maximum Gasteiger partial charge on any atom is 0.410 e. The maximum absolute atomic E-state index is 13.8. The number of aromatic nitrogens is 2. The molecule has 1 saturated heterocycles. The normalized spacial score (nSPS) is 14.8. The summed E-state index contributed by atoms with van der Waals surface area (Å²) in [6.07, 6.45) is -0.293. The Morgan fingerprint density at radius 2 is 1.80 bits per heavy atom. The van der Waals surface area contributed by atoms with Crippen LogP contribution in [-0.2, 0) is 11.3 Å². The third kappa shape index (κ3) is 5.95. The average molecular weight is 590 g/mol. The van der Waals surface area contributed by atoms with E-state index in [4.69, 9.17) is 14.5 Å². The number of hydrogen-bond acceptors (Lipinski definition) is 6. The van der Waals surface area contributed by atoms with Crippen LogP contribution in [0.25, 0.3) is 16.6 Å². The molecule has 1 aliphatic rings. The Morgan fingerprint density at radius 1 is 1.09 bits per heavy atom. The monoisotopic (exact) mass is 590 g/mol. The van der Waals surface area contributed by atoms with E-state index in [1.165, 1.54) is 0 Å². The Kier molecular flexibility index (Phi) is 7.65. The molecule has 1 aromatic heterocycles. The highest BCUT2D eigenvalue weighted by atomic mass is 127. The van der Waals surface area contributed by atoms with Crippen molar-refractivity contribution in [3.63, 3.8) is 0 Å². The van der Waals surface area contributed by atoms with Crippen molar-refractivity contribution >= 4 is 39.6 Å². The van der Waals surface area contributed by atoms with E-state index in [9.17, 15) is 9.59 Å². The number of ether oxygens (including phenoxy) is 2. The molecule has 9 heteroatoms. The highest BCUT2D eigenvalue weighted by Crippen LogP contribution is 2.25. The molecule has 0 unspecified atom stereocenters. The molecular weight excluding hydrogens is 559 g/mol. The summed E-state index contributed by atoms with van der Waals surface area (Å²) in [5.74, 6) is 1.28. The standard InChI is InChI=1S/C26H31IN4O4/c1-5-34-22-9-7-6-8-21(22)31-23(28-20-11-10-18(27)16-19(20)24(31)32)17-29-12-14-30(15-13-29)25(33)35-26(2,3)4/h6-11,16H,5,12-15,17H2,1-4H3. The lowest BCUT2D eigenvalue weighted by Crippen LogP contribution is -2.50. The van der Waals surface area contributed by atoms with Crippen LogP contribution in [0.2, 0.25) is 0 Å². The lowest BCUT2D eigenvalue weighted by molar-refractivity contribution is 0.0136. The minimum Gasteiger partial charge on any atom is -0.492 e. The quantitative estimate of drug-likeness (QED) is 0.409. The van der Waals surface area contributed by atoms with Gasteiger partial charge in [-0.3, -0.25) is 14.3 Å². The predicted molar refractivity (Wildman–Crippen MR) is 144 cm³/mol. The van der Waals surface area contributed by atoms with E-state index >= 15 is 0 Å². The Balaban J connectivity index is 1.67. The highest BCUT2D eigenvalue weighted by Gasteiger charge is 2.27. The van der Waals surface area contributed by atoms with Gasteiger partial charge in [0, 0.05) is 29.7 Å². The lowest BCUT2D eigenvalue weighted by Gasteiger charge is -2.35. The number of carbonyl (C=O) groups is 1. The summed E-state index contributed by atoms with van der Waals surface area (Å²) in [6.45, 7) is 10.9. The first-order valence-electron chi connectivity index (χ1n) is 11.8. The molecule has 2 heterocycles. The van der Waals surface area contributed by atoms with E-state index in [0.717, 1.165) is 3.57 Å². The number of rotatable bonds is 5. The van der Waals surface area contributed by atoms with Gasteiger partial charge >= 0.3 is 6.09 Å². The van der Waals surface area contributed by atoms with Crippen molar-refractivity contribution in [3.05, 3.63) is 62.2 Å². The second-order valence-electron chi connectivity index (χ2n) is 9.47. The Hall–Kier alpha value is -2.66. The summed E-state index contributed by atoms with van der Waals surface area (Å²) >= 11 is 2.21. The van der Waals surface area contributed by atoms with Crippen molar-refractivity contribution in [1.82, 2.24) is 19.4 Å². The number of amides is 1. The zero-order valence-corrected chi connectivity index (χ0v) is 22.7. The van der Waals surface area contributed by atoms with Crippen LogP contribution >= 0.6 is 22.6 Å². The van der Waals surface area contributed by atoms with E-state index in [0.29, 0.717) is 67.5 Å². The number of fused-ring (bicyclic) bond motifs is 1. The van der Waals surface area contributed by atoms with Gasteiger partial charge in [0.15, 0.2) is 0 Å². The molecule has 0 aliphatic carbocycles. The molecule has 0 saturated carbocycles. The van der Waals surface area contributed by atoms with Gasteiger partial charge in [-0.05, 0) is 80.6 Å². The van der Waals surface area contributed by atoms with Gasteiger partial charge in [0.25, 0.3) is 5.56 Å². The second-order valence-corrected chi connectivity index (χ2v) is 10.7. The molecule has 35 heavy (non-hydrogen) atoms. The van der Waals surface area contributed by atoms with Crippen molar-refractivity contribution in [2.45, 2.75) is 39.8 Å². The Labute approximate surface area is 219 Å². The third-order valence-corrected chi connectivity index (χ3v) is 6.37. The summed E-state index contributed by atoms with van der Waals surface area (Å²) in [4.78, 5) is 35.0. The van der Waals surface area contributed by atoms with Gasteiger partial charge in [-0.2, -0.15) is 0 Å². The van der Waals surface area contributed by atoms with E-state index in [1.54, 1.807) is 9.47 Å². The summed E-state index contributed by atoms with van der Waals surface area (Å²) < 4.78 is 14.0. The van der Waals surface area contributed by atoms with Crippen LogP contribution in [0.3, 0.4) is 0 Å². The van der Waals surface area contributed by atoms with Gasteiger partial charge < -0.3 is 14.4 Å². The Bertz CT molecular complexity index is 1280. The minimum absolute atomic E-state index is 0.122. The molecule has 0 spiro atoms. The van der Waals surface area contributed by atoms with Crippen LogP contribution < -0.4 is 10.3 Å². The lowest BCUT2D eigenvalue weighted by atomic mass is 10.2. The molecule has 186 valence electrons. The molecule has 1 aliphatic heterocycles. The van der Waals surface area contributed by atoms with Gasteiger partial charge in [-0.25, -0.2) is 9.78 Å². The van der Waals surface area contributed by atoms with Gasteiger partial charge in [-0.1, -0.05) is 12.1 Å². The number of piperazine rings is 1. The molecule has 0 N–H and O–H groups in total. The summed E-state index contributed by atoms with van der Waals surface area (Å²) in [7, 11) is 0. The van der Waals surface area contributed by atoms with Crippen LogP contribution in [0.4, 0.5) is 4.79 Å². The smallest absolute Gasteiger partial charge is 0.410 e. The van der Waals surface area contributed by atoms with Crippen molar-refractivity contribution in [3.8, 4) is 11.4 Å². The fraction of sp³-hybridized carbons (Fsp3) is 0.423. The SMILES string of the molecule is CCOc1ccccc1-n1c(CN2CCN(C(=O)OC(C)(C)C)CC2)nc2ccc(I)cc2c1=O. The molecule has 0 radical (unpaired) electrons. The summed E-state index contributed by atoms with van der Waals surface area (Å²) in [5.41, 5.74) is 0.700. The van der Waals surface area contributed by atoms with Crippen molar-refractivity contribution in [2.24, 2.45) is 0 Å². The molecule has 3 aromatic rings. The molecule has 8 nitrogen and oxygen atoms in total. The highest BCUT2D eigenvalue weighted by molar-refractivity contribution is 14.1. The molecule has 2 aromatic carbocycles. The first-order valence-corrected chi connectivity index (χ1v) is 12.9. The van der Waals surface area contributed by atoms with Gasteiger partial charge in [0.2, 0.25) is 0 Å². The number of nitrogens with zero attached hydrogens (tertiary/aromatic N) is 4. The predicted octanol–water partition coefficient (Wildman–Crippen LogP) is 4.44. The van der Waals surface area contributed by atoms with E-state index in [2.05, 4.69) is 27.5 Å². The average Bonchev–Trinajstić information content (AvgIpc) is 2.80. The number of halogens is 1. The number of para-hydroxylation sites is 2. The molecule has 1 amide bonds. The summed E-state index contributed by atoms with van der Waals surface area (Å²) in [5, 5.41) is 0.571. The topological polar surface area (TPSA) is 76.9 Å². The van der Waals surface area contributed by atoms with Crippen molar-refractivity contribution in [2.75, 3.05) is 32.8 Å². The van der Waals surface area contributed by atoms with Gasteiger partial charge in [0.1, 0.15) is 17.2 Å². The van der Waals surface area contributed by atoms with E-state index in [-0.39, 0.29) is 11.7 Å². The first-order chi connectivity index (χ1) is 16.7. The number of benzene rings is 2. The second kappa shape index (κ2) is 10.5. The number of hydrogen-bond donors (Lipinski definition) is 0. The van der Waals surface area contributed by atoms with Crippen LogP contribution in [0.15, 0.2) is 47.3 Å². The summed E-state index contributed by atoms with van der Waals surface area (Å²) in [6, 6.07) is 13.3. The Morgan fingerprint density at radius 3 is 2.49 bits per heavy atom. The fourth-order valence-corrected chi connectivity index (χ4v) is 4.58. The van der Waals surface area contributed by atoms with Gasteiger partial charge in [-0.15, -0.1) is 0 Å². The fourth-order valence-electron chi connectivity index (χ4n) is 4.09.